The topological polar surface area (TPSA) is 118 Å². The van der Waals surface area contributed by atoms with E-state index in [1.807, 2.05) is 0 Å². The summed E-state index contributed by atoms with van der Waals surface area (Å²) >= 11 is 0. The van der Waals surface area contributed by atoms with Crippen LogP contribution >= 0.6 is 0 Å². The standard InChI is InChI=1S/C22H21N3O5S/c1-14-7-4-5-8-18(14)24-31(29,30)21-13-17(12-11-15(21)2)22(26)23-19-9-6-10-20(16(19)3)25(27)28/h4-13,24H,1-3H3,(H,23,26). The number of nitrogens with zero attached hydrogens (tertiary/aromatic N) is 1. The van der Waals surface area contributed by atoms with E-state index in [0.29, 0.717) is 16.8 Å². The van der Waals surface area contributed by atoms with Crippen molar-refractivity contribution < 1.29 is 18.1 Å². The maximum Gasteiger partial charge on any atom is 0.274 e. The molecule has 0 aliphatic carbocycles. The van der Waals surface area contributed by atoms with Gasteiger partial charge in [0.05, 0.1) is 26.8 Å². The summed E-state index contributed by atoms with van der Waals surface area (Å²) in [5, 5.41) is 13.7. The molecule has 31 heavy (non-hydrogen) atoms. The molecule has 0 aromatic heterocycles. The minimum atomic E-state index is -3.94. The number of nitro groups is 1. The molecule has 3 aromatic rings. The van der Waals surface area contributed by atoms with Gasteiger partial charge in [0.15, 0.2) is 0 Å². The second-order valence-electron chi connectivity index (χ2n) is 7.06. The minimum absolute atomic E-state index is 0.0285. The van der Waals surface area contributed by atoms with Crippen molar-refractivity contribution in [3.63, 3.8) is 0 Å². The normalized spacial score (nSPS) is 11.1. The lowest BCUT2D eigenvalue weighted by Gasteiger charge is -2.14. The Kier molecular flexibility index (Phi) is 6.07. The Morgan fingerprint density at radius 1 is 0.903 bits per heavy atom. The second-order valence-corrected chi connectivity index (χ2v) is 8.71. The number of amides is 1. The number of para-hydroxylation sites is 1. The lowest BCUT2D eigenvalue weighted by atomic mass is 10.1. The van der Waals surface area contributed by atoms with Crippen LogP contribution in [0.15, 0.2) is 65.6 Å². The first-order valence-electron chi connectivity index (χ1n) is 9.34. The number of aryl methyl sites for hydroxylation is 2. The molecule has 0 radical (unpaired) electrons. The molecule has 160 valence electrons. The van der Waals surface area contributed by atoms with Gasteiger partial charge in [-0.25, -0.2) is 8.42 Å². The van der Waals surface area contributed by atoms with Crippen LogP contribution in [-0.4, -0.2) is 19.2 Å². The molecular formula is C22H21N3O5S. The van der Waals surface area contributed by atoms with E-state index in [9.17, 15) is 23.3 Å². The van der Waals surface area contributed by atoms with Crippen molar-refractivity contribution >= 4 is 33.0 Å². The summed E-state index contributed by atoms with van der Waals surface area (Å²) in [7, 11) is -3.94. The van der Waals surface area contributed by atoms with Gasteiger partial charge >= 0.3 is 0 Å². The average molecular weight is 439 g/mol. The number of nitro benzene ring substituents is 1. The summed E-state index contributed by atoms with van der Waals surface area (Å²) in [4.78, 5) is 23.3. The predicted molar refractivity (Wildman–Crippen MR) is 119 cm³/mol. The lowest BCUT2D eigenvalue weighted by molar-refractivity contribution is -0.385. The van der Waals surface area contributed by atoms with Gasteiger partial charge in [-0.3, -0.25) is 19.6 Å². The van der Waals surface area contributed by atoms with Gasteiger partial charge in [0.2, 0.25) is 0 Å². The molecule has 8 nitrogen and oxygen atoms in total. The average Bonchev–Trinajstić information content (AvgIpc) is 2.71. The smallest absolute Gasteiger partial charge is 0.274 e. The molecule has 2 N–H and O–H groups in total. The molecule has 0 heterocycles. The molecule has 3 aromatic carbocycles. The number of rotatable bonds is 6. The van der Waals surface area contributed by atoms with Gasteiger partial charge in [-0.1, -0.05) is 30.3 Å². The Bertz CT molecular complexity index is 1290. The Morgan fingerprint density at radius 2 is 1.58 bits per heavy atom. The van der Waals surface area contributed by atoms with Crippen molar-refractivity contribution in [2.45, 2.75) is 25.7 Å². The van der Waals surface area contributed by atoms with Crippen LogP contribution in [0.5, 0.6) is 0 Å². The number of hydrogen-bond donors (Lipinski definition) is 2. The highest BCUT2D eigenvalue weighted by atomic mass is 32.2. The van der Waals surface area contributed by atoms with E-state index >= 15 is 0 Å². The Balaban J connectivity index is 1.92. The monoisotopic (exact) mass is 439 g/mol. The predicted octanol–water partition coefficient (Wildman–Crippen LogP) is 4.57. The van der Waals surface area contributed by atoms with E-state index in [1.165, 1.54) is 31.2 Å². The Hall–Kier alpha value is -3.72. The molecule has 0 atom stereocenters. The maximum atomic E-state index is 13.0. The fraction of sp³-hybridized carbons (Fsp3) is 0.136. The van der Waals surface area contributed by atoms with Crippen LogP contribution in [0.1, 0.15) is 27.0 Å². The van der Waals surface area contributed by atoms with Crippen LogP contribution < -0.4 is 10.0 Å². The SMILES string of the molecule is Cc1ccccc1NS(=O)(=O)c1cc(C(=O)Nc2cccc([N+](=O)[O-])c2C)ccc1C. The summed E-state index contributed by atoms with van der Waals surface area (Å²) in [5.74, 6) is -0.573. The van der Waals surface area contributed by atoms with Crippen molar-refractivity contribution in [2.75, 3.05) is 10.0 Å². The van der Waals surface area contributed by atoms with Gasteiger partial charge in [0.25, 0.3) is 21.6 Å². The van der Waals surface area contributed by atoms with E-state index in [2.05, 4.69) is 10.0 Å². The molecule has 1 amide bonds. The number of anilines is 2. The molecule has 3 rings (SSSR count). The number of carbonyl (C=O) groups excluding carboxylic acids is 1. The Labute approximate surface area is 180 Å². The van der Waals surface area contributed by atoms with E-state index in [4.69, 9.17) is 0 Å². The minimum Gasteiger partial charge on any atom is -0.321 e. The first kappa shape index (κ1) is 22.0. The fourth-order valence-electron chi connectivity index (χ4n) is 3.07. The van der Waals surface area contributed by atoms with Crippen molar-refractivity contribution in [1.29, 1.82) is 0 Å². The molecule has 0 saturated carbocycles. The van der Waals surface area contributed by atoms with Crippen molar-refractivity contribution in [1.82, 2.24) is 0 Å². The third-order valence-corrected chi connectivity index (χ3v) is 6.39. The molecule has 0 aliphatic heterocycles. The van der Waals surface area contributed by atoms with Gasteiger partial charge < -0.3 is 5.32 Å². The lowest BCUT2D eigenvalue weighted by Crippen LogP contribution is -2.18. The highest BCUT2D eigenvalue weighted by Crippen LogP contribution is 2.27. The number of hydrogen-bond acceptors (Lipinski definition) is 5. The maximum absolute atomic E-state index is 13.0. The number of sulfonamides is 1. The van der Waals surface area contributed by atoms with E-state index < -0.39 is 20.9 Å². The molecule has 0 bridgehead atoms. The van der Waals surface area contributed by atoms with Crippen molar-refractivity contribution in [2.24, 2.45) is 0 Å². The zero-order valence-corrected chi connectivity index (χ0v) is 18.0. The second kappa shape index (κ2) is 8.57. The van der Waals surface area contributed by atoms with Gasteiger partial charge in [-0.15, -0.1) is 0 Å². The van der Waals surface area contributed by atoms with Crippen LogP contribution in [-0.2, 0) is 10.0 Å². The summed E-state index contributed by atoms with van der Waals surface area (Å²) in [6.45, 7) is 4.96. The van der Waals surface area contributed by atoms with Gasteiger partial charge in [-0.2, -0.15) is 0 Å². The number of nitrogens with one attached hydrogen (secondary N) is 2. The number of carbonyl (C=O) groups is 1. The zero-order chi connectivity index (χ0) is 22.8. The first-order chi connectivity index (χ1) is 14.6. The Morgan fingerprint density at radius 3 is 2.26 bits per heavy atom. The molecule has 0 aliphatic rings. The van der Waals surface area contributed by atoms with Crippen LogP contribution in [0.3, 0.4) is 0 Å². The highest BCUT2D eigenvalue weighted by Gasteiger charge is 2.21. The third-order valence-electron chi connectivity index (χ3n) is 4.88. The summed E-state index contributed by atoms with van der Waals surface area (Å²) in [6.07, 6.45) is 0. The van der Waals surface area contributed by atoms with Gasteiger partial charge in [-0.05, 0) is 56.2 Å². The molecule has 0 unspecified atom stereocenters. The van der Waals surface area contributed by atoms with Gasteiger partial charge in [0.1, 0.15) is 0 Å². The van der Waals surface area contributed by atoms with Gasteiger partial charge in [0, 0.05) is 11.6 Å². The molecule has 9 heteroatoms. The van der Waals surface area contributed by atoms with E-state index in [-0.39, 0.29) is 21.8 Å². The number of benzene rings is 3. The van der Waals surface area contributed by atoms with E-state index in [1.54, 1.807) is 50.2 Å². The van der Waals surface area contributed by atoms with Crippen LogP contribution in [0.2, 0.25) is 0 Å². The molecule has 0 fully saturated rings. The first-order valence-corrected chi connectivity index (χ1v) is 10.8. The molecule has 0 spiro atoms. The van der Waals surface area contributed by atoms with Crippen LogP contribution in [0.25, 0.3) is 0 Å². The zero-order valence-electron chi connectivity index (χ0n) is 17.2. The fourth-order valence-corrected chi connectivity index (χ4v) is 4.47. The van der Waals surface area contributed by atoms with E-state index in [0.717, 1.165) is 5.56 Å². The summed E-state index contributed by atoms with van der Waals surface area (Å²) in [6, 6.07) is 15.7. The molecule has 0 saturated heterocycles. The van der Waals surface area contributed by atoms with Crippen LogP contribution in [0.4, 0.5) is 17.1 Å². The largest absolute Gasteiger partial charge is 0.321 e. The summed E-state index contributed by atoms with van der Waals surface area (Å²) in [5.41, 5.74) is 2.27. The summed E-state index contributed by atoms with van der Waals surface area (Å²) < 4.78 is 28.5. The van der Waals surface area contributed by atoms with Crippen molar-refractivity contribution in [3.05, 3.63) is 93.0 Å². The highest BCUT2D eigenvalue weighted by molar-refractivity contribution is 7.92. The van der Waals surface area contributed by atoms with Crippen LogP contribution in [0, 0.1) is 30.9 Å². The van der Waals surface area contributed by atoms with Crippen molar-refractivity contribution in [3.8, 4) is 0 Å². The third kappa shape index (κ3) is 4.72. The quantitative estimate of drug-likeness (QED) is 0.431. The molecular weight excluding hydrogens is 418 g/mol.